The fraction of sp³-hybridized carbons (Fsp3) is 0.500. The van der Waals surface area contributed by atoms with E-state index in [0.29, 0.717) is 12.1 Å². The van der Waals surface area contributed by atoms with Crippen molar-refractivity contribution in [2.24, 2.45) is 0 Å². The van der Waals surface area contributed by atoms with Gasteiger partial charge in [0.15, 0.2) is 11.2 Å². The number of nitro benzene ring substituents is 1. The third-order valence-corrected chi connectivity index (χ3v) is 6.70. The van der Waals surface area contributed by atoms with Crippen molar-refractivity contribution in [2.75, 3.05) is 0 Å². The van der Waals surface area contributed by atoms with Crippen molar-refractivity contribution in [1.82, 2.24) is 0 Å². The molecule has 7 nitrogen and oxygen atoms in total. The molecular weight excluding hydrogens is 740 g/mol. The molecule has 0 saturated carbocycles. The van der Waals surface area contributed by atoms with Gasteiger partial charge in [0.2, 0.25) is 0 Å². The van der Waals surface area contributed by atoms with Crippen LogP contribution in [0, 0.1) is 10.1 Å². The second-order valence-electron chi connectivity index (χ2n) is 10.2. The largest absolute Gasteiger partial charge is 0.430 e. The first-order chi connectivity index (χ1) is 21.2. The van der Waals surface area contributed by atoms with Crippen molar-refractivity contribution in [1.29, 1.82) is 0 Å². The van der Waals surface area contributed by atoms with Crippen LogP contribution in [0.2, 0.25) is 0 Å². The SMILES string of the molecule is CC(O)(c1cc([N+](=O)[O-])cc(C(O)(C(F)(F)F)C(F)(F)F)c1)C(F)(F)F.CC(O)(c1cccc(C(O)(C(F)(F)F)C(F)(F)F)c1)C(F)(F)F. The smallest absolute Gasteiger partial charge is 0.376 e. The van der Waals surface area contributed by atoms with Gasteiger partial charge in [-0.2, -0.15) is 79.0 Å². The zero-order chi connectivity index (χ0) is 39.4. The van der Waals surface area contributed by atoms with E-state index in [1.807, 2.05) is 0 Å². The van der Waals surface area contributed by atoms with Crippen LogP contribution in [-0.4, -0.2) is 62.4 Å². The first kappa shape index (κ1) is 43.4. The Balaban J connectivity index is 0.000000494. The highest BCUT2D eigenvalue weighted by Gasteiger charge is 2.73. The van der Waals surface area contributed by atoms with Crippen molar-refractivity contribution in [2.45, 2.75) is 73.3 Å². The molecular formula is C24H17F18NO6. The molecule has 280 valence electrons. The third kappa shape index (κ3) is 7.93. The number of hydrogen-bond acceptors (Lipinski definition) is 6. The van der Waals surface area contributed by atoms with Crippen LogP contribution in [0.5, 0.6) is 0 Å². The Morgan fingerprint density at radius 2 is 0.755 bits per heavy atom. The van der Waals surface area contributed by atoms with E-state index < -0.39 is 98.4 Å². The number of nitro groups is 1. The maximum absolute atomic E-state index is 12.9. The second kappa shape index (κ2) is 12.6. The summed E-state index contributed by atoms with van der Waals surface area (Å²) in [5, 5.41) is 47.8. The number of nitrogens with zero attached hydrogens (tertiary/aromatic N) is 1. The zero-order valence-electron chi connectivity index (χ0n) is 23.4. The summed E-state index contributed by atoms with van der Waals surface area (Å²) in [4.78, 5) is 9.13. The predicted octanol–water partition coefficient (Wildman–Crippen LogP) is 7.45. The summed E-state index contributed by atoms with van der Waals surface area (Å²) < 4.78 is 230. The molecule has 0 heterocycles. The van der Waals surface area contributed by atoms with Gasteiger partial charge in [0.25, 0.3) is 16.9 Å². The van der Waals surface area contributed by atoms with Crippen molar-refractivity contribution in [3.05, 3.63) is 74.8 Å². The number of hydrogen-bond donors (Lipinski definition) is 4. The molecule has 2 atom stereocenters. The summed E-state index contributed by atoms with van der Waals surface area (Å²) in [6, 6.07) is 0.0332. The molecule has 2 aromatic rings. The fourth-order valence-electron chi connectivity index (χ4n) is 3.56. The summed E-state index contributed by atoms with van der Waals surface area (Å²) in [6.45, 7) is 0.127. The molecule has 0 fully saturated rings. The van der Waals surface area contributed by atoms with E-state index in [0.717, 1.165) is 0 Å². The molecule has 0 aromatic heterocycles. The van der Waals surface area contributed by atoms with Crippen LogP contribution in [0.4, 0.5) is 84.7 Å². The number of non-ortho nitro benzene ring substituents is 1. The highest BCUT2D eigenvalue weighted by molar-refractivity contribution is 5.45. The molecule has 4 N–H and O–H groups in total. The minimum absolute atomic E-state index is 0.0317. The molecule has 25 heteroatoms. The standard InChI is InChI=1S/C12H8F9NO4.C12H9F9O2/c1-8(23,10(13,14)15)5-2-6(4-7(3-5)22(25)26)9(24,11(16,17)18)12(19,20)21;1-8(22,10(13,14)15)6-3-2-4-7(5-6)9(23,11(16,17)18)12(19,20)21/h2-4,23-24H,1H3;2-5,22-23H,1H3. The van der Waals surface area contributed by atoms with E-state index in [1.165, 1.54) is 0 Å². The lowest BCUT2D eigenvalue weighted by atomic mass is 9.86. The summed E-state index contributed by atoms with van der Waals surface area (Å²) in [6.07, 6.45) is -36.4. The highest BCUT2D eigenvalue weighted by atomic mass is 19.4. The van der Waals surface area contributed by atoms with Crippen LogP contribution in [0.3, 0.4) is 0 Å². The number of halogens is 18. The molecule has 2 aromatic carbocycles. The monoisotopic (exact) mass is 757 g/mol. The number of aliphatic hydroxyl groups is 4. The minimum Gasteiger partial charge on any atom is -0.376 e. The maximum Gasteiger partial charge on any atom is 0.430 e. The van der Waals surface area contributed by atoms with E-state index in [4.69, 9.17) is 5.11 Å². The van der Waals surface area contributed by atoms with Gasteiger partial charge in [-0.3, -0.25) is 10.1 Å². The Morgan fingerprint density at radius 1 is 0.469 bits per heavy atom. The number of benzene rings is 2. The lowest BCUT2D eigenvalue weighted by Gasteiger charge is -2.34. The second-order valence-corrected chi connectivity index (χ2v) is 10.2. The van der Waals surface area contributed by atoms with E-state index in [1.54, 1.807) is 0 Å². The number of alkyl halides is 18. The van der Waals surface area contributed by atoms with Crippen molar-refractivity contribution >= 4 is 5.69 Å². The third-order valence-electron chi connectivity index (χ3n) is 6.70. The molecule has 0 spiro atoms. The summed E-state index contributed by atoms with van der Waals surface area (Å²) >= 11 is 0. The first-order valence-electron chi connectivity index (χ1n) is 11.9. The Morgan fingerprint density at radius 3 is 1.08 bits per heavy atom. The lowest BCUT2D eigenvalue weighted by Crippen LogP contribution is -2.54. The molecule has 0 radical (unpaired) electrons. The summed E-state index contributed by atoms with van der Waals surface area (Å²) in [5.41, 5.74) is -27.6. The molecule has 0 aliphatic heterocycles. The van der Waals surface area contributed by atoms with Gasteiger partial charge in [-0.15, -0.1) is 0 Å². The summed E-state index contributed by atoms with van der Waals surface area (Å²) in [7, 11) is 0. The molecule has 0 amide bonds. The van der Waals surface area contributed by atoms with Crippen LogP contribution in [0.1, 0.15) is 36.1 Å². The molecule has 0 aliphatic carbocycles. The molecule has 0 saturated heterocycles. The maximum atomic E-state index is 12.9. The van der Waals surface area contributed by atoms with Gasteiger partial charge in [0, 0.05) is 23.3 Å². The Bertz CT molecular complexity index is 1470. The number of rotatable bonds is 5. The van der Waals surface area contributed by atoms with Gasteiger partial charge in [-0.25, -0.2) is 0 Å². The van der Waals surface area contributed by atoms with E-state index >= 15 is 0 Å². The normalized spacial score (nSPS) is 16.7. The first-order valence-corrected chi connectivity index (χ1v) is 11.9. The van der Waals surface area contributed by atoms with Crippen LogP contribution in [0.15, 0.2) is 42.5 Å². The quantitative estimate of drug-likeness (QED) is 0.143. The van der Waals surface area contributed by atoms with Crippen LogP contribution in [0.25, 0.3) is 0 Å². The van der Waals surface area contributed by atoms with Gasteiger partial charge in [-0.05, 0) is 37.1 Å². The molecule has 2 rings (SSSR count). The van der Waals surface area contributed by atoms with E-state index in [2.05, 4.69) is 0 Å². The van der Waals surface area contributed by atoms with Crippen molar-refractivity contribution in [3.8, 4) is 0 Å². The van der Waals surface area contributed by atoms with Crippen LogP contribution < -0.4 is 0 Å². The average Bonchev–Trinajstić information content (AvgIpc) is 2.88. The molecule has 0 bridgehead atoms. The Kier molecular flexibility index (Phi) is 11.2. The Hall–Kier alpha value is -3.58. The van der Waals surface area contributed by atoms with Crippen LogP contribution in [-0.2, 0) is 22.4 Å². The van der Waals surface area contributed by atoms with Gasteiger partial charge >= 0.3 is 37.1 Å². The highest BCUT2D eigenvalue weighted by Crippen LogP contribution is 2.53. The van der Waals surface area contributed by atoms with Crippen molar-refractivity contribution < 1.29 is 104 Å². The minimum atomic E-state index is -6.48. The zero-order valence-corrected chi connectivity index (χ0v) is 23.4. The average molecular weight is 757 g/mol. The Labute approximate surface area is 259 Å². The summed E-state index contributed by atoms with van der Waals surface area (Å²) in [5.74, 6) is 0. The fourth-order valence-corrected chi connectivity index (χ4v) is 3.56. The van der Waals surface area contributed by atoms with Gasteiger partial charge < -0.3 is 20.4 Å². The van der Waals surface area contributed by atoms with Gasteiger partial charge in [0.1, 0.15) is 0 Å². The molecule has 49 heavy (non-hydrogen) atoms. The van der Waals surface area contributed by atoms with Crippen molar-refractivity contribution in [3.63, 3.8) is 0 Å². The van der Waals surface area contributed by atoms with E-state index in [-0.39, 0.29) is 38.1 Å². The molecule has 0 aliphatic rings. The van der Waals surface area contributed by atoms with Gasteiger partial charge in [-0.1, -0.05) is 18.2 Å². The van der Waals surface area contributed by atoms with Crippen LogP contribution >= 0.6 is 0 Å². The topological polar surface area (TPSA) is 124 Å². The van der Waals surface area contributed by atoms with E-state index in [9.17, 15) is 104 Å². The lowest BCUT2D eigenvalue weighted by molar-refractivity contribution is -0.387. The van der Waals surface area contributed by atoms with Gasteiger partial charge in [0.05, 0.1) is 4.92 Å². The predicted molar refractivity (Wildman–Crippen MR) is 123 cm³/mol. The molecule has 2 unspecified atom stereocenters.